The minimum atomic E-state index is -0.528. The average Bonchev–Trinajstić information content (AvgIpc) is 3.13. The highest BCUT2D eigenvalue weighted by Gasteiger charge is 2.10. The van der Waals surface area contributed by atoms with Crippen LogP contribution in [0.15, 0.2) is 66.7 Å². The molecule has 4 nitrogen and oxygen atoms in total. The van der Waals surface area contributed by atoms with Gasteiger partial charge >= 0.3 is 0 Å². The highest BCUT2D eigenvalue weighted by molar-refractivity contribution is 7.11. The predicted molar refractivity (Wildman–Crippen MR) is 120 cm³/mol. The smallest absolute Gasteiger partial charge is 0.119 e. The van der Waals surface area contributed by atoms with Crippen molar-refractivity contribution in [2.24, 2.45) is 0 Å². The summed E-state index contributed by atoms with van der Waals surface area (Å²) in [5, 5.41) is 13.7. The van der Waals surface area contributed by atoms with Gasteiger partial charge in [-0.2, -0.15) is 0 Å². The highest BCUT2D eigenvalue weighted by atomic mass is 32.1. The van der Waals surface area contributed by atoms with Gasteiger partial charge in [-0.1, -0.05) is 42.5 Å². The number of thiophene rings is 1. The molecule has 0 fully saturated rings. The number of hydrogen-bond acceptors (Lipinski definition) is 5. The van der Waals surface area contributed by atoms with Crippen molar-refractivity contribution in [3.8, 4) is 5.75 Å². The summed E-state index contributed by atoms with van der Waals surface area (Å²) in [4.78, 5) is 4.80. The predicted octanol–water partition coefficient (Wildman–Crippen LogP) is 4.22. The average molecular weight is 411 g/mol. The van der Waals surface area contributed by atoms with Gasteiger partial charge in [-0.25, -0.2) is 0 Å². The summed E-state index contributed by atoms with van der Waals surface area (Å²) in [6.45, 7) is 5.51. The Hall–Kier alpha value is -2.18. The number of likely N-dealkylation sites (N-methyl/N-ethyl adjacent to an activating group) is 1. The molecular formula is C24H30N2O2S. The molecule has 2 aromatic carbocycles. The second-order valence-corrected chi connectivity index (χ2v) is 8.78. The maximum Gasteiger partial charge on any atom is 0.119 e. The van der Waals surface area contributed by atoms with Crippen molar-refractivity contribution in [1.82, 2.24) is 10.2 Å². The molecule has 1 atom stereocenters. The molecule has 1 aromatic heterocycles. The van der Waals surface area contributed by atoms with Crippen molar-refractivity contribution in [1.29, 1.82) is 0 Å². The van der Waals surface area contributed by atoms with Gasteiger partial charge in [0, 0.05) is 35.9 Å². The van der Waals surface area contributed by atoms with E-state index in [1.165, 1.54) is 20.9 Å². The van der Waals surface area contributed by atoms with Crippen LogP contribution in [0.5, 0.6) is 5.75 Å². The van der Waals surface area contributed by atoms with E-state index in [2.05, 4.69) is 53.5 Å². The Labute approximate surface area is 177 Å². The van der Waals surface area contributed by atoms with Crippen molar-refractivity contribution < 1.29 is 9.84 Å². The van der Waals surface area contributed by atoms with Gasteiger partial charge < -0.3 is 15.2 Å². The van der Waals surface area contributed by atoms with E-state index in [0.717, 1.165) is 25.4 Å². The number of hydrogen-bond donors (Lipinski definition) is 2. The summed E-state index contributed by atoms with van der Waals surface area (Å²) in [6.07, 6.45) is -0.528. The quantitative estimate of drug-likeness (QED) is 0.497. The van der Waals surface area contributed by atoms with Crippen molar-refractivity contribution >= 4 is 11.3 Å². The standard InChI is InChI=1S/C24H30N2O2S/c1-19-8-13-24(29-19)15-25-14-20-9-11-23(12-10-20)28-18-22(27)17-26(2)16-21-6-4-3-5-7-21/h3-13,22,25,27H,14-18H2,1-2H3/t22-/m0/s1. The lowest BCUT2D eigenvalue weighted by atomic mass is 10.2. The van der Waals surface area contributed by atoms with E-state index in [1.807, 2.05) is 48.7 Å². The number of rotatable bonds is 11. The maximum atomic E-state index is 10.3. The SMILES string of the molecule is Cc1ccc(CNCc2ccc(OC[C@@H](O)CN(C)Cc3ccccc3)cc2)s1. The summed E-state index contributed by atoms with van der Waals surface area (Å²) >= 11 is 1.83. The molecule has 29 heavy (non-hydrogen) atoms. The molecule has 5 heteroatoms. The summed E-state index contributed by atoms with van der Waals surface area (Å²) in [7, 11) is 2.01. The van der Waals surface area contributed by atoms with Crippen molar-refractivity contribution in [2.45, 2.75) is 32.7 Å². The number of nitrogens with zero attached hydrogens (tertiary/aromatic N) is 1. The van der Waals surface area contributed by atoms with Crippen LogP contribution in [0.1, 0.15) is 20.9 Å². The van der Waals surface area contributed by atoms with E-state index in [-0.39, 0.29) is 6.61 Å². The zero-order chi connectivity index (χ0) is 20.5. The fourth-order valence-corrected chi connectivity index (χ4v) is 4.04. The van der Waals surface area contributed by atoms with E-state index in [9.17, 15) is 5.11 Å². The van der Waals surface area contributed by atoms with Crippen LogP contribution >= 0.6 is 11.3 Å². The zero-order valence-corrected chi connectivity index (χ0v) is 18.0. The van der Waals surface area contributed by atoms with Gasteiger partial charge in [0.1, 0.15) is 18.5 Å². The first-order valence-electron chi connectivity index (χ1n) is 9.97. The number of nitrogens with one attached hydrogen (secondary N) is 1. The molecule has 3 aromatic rings. The van der Waals surface area contributed by atoms with Crippen LogP contribution in [0, 0.1) is 6.92 Å². The number of ether oxygens (including phenoxy) is 1. The highest BCUT2D eigenvalue weighted by Crippen LogP contribution is 2.16. The summed E-state index contributed by atoms with van der Waals surface area (Å²) in [5.74, 6) is 0.785. The van der Waals surface area contributed by atoms with Crippen LogP contribution in [0.3, 0.4) is 0 Å². The number of benzene rings is 2. The first-order chi connectivity index (χ1) is 14.1. The molecule has 0 saturated heterocycles. The molecule has 154 valence electrons. The van der Waals surface area contributed by atoms with Crippen LogP contribution in [-0.4, -0.2) is 36.3 Å². The summed E-state index contributed by atoms with van der Waals surface area (Å²) in [6, 6.07) is 22.7. The number of aliphatic hydroxyl groups excluding tert-OH is 1. The van der Waals surface area contributed by atoms with Gasteiger partial charge in [-0.15, -0.1) is 11.3 Å². The lowest BCUT2D eigenvalue weighted by molar-refractivity contribution is 0.0744. The molecule has 2 N–H and O–H groups in total. The second kappa shape index (κ2) is 11.1. The first kappa shape index (κ1) is 21.5. The molecule has 0 spiro atoms. The summed E-state index contributed by atoms with van der Waals surface area (Å²) in [5.41, 5.74) is 2.45. The van der Waals surface area contributed by atoms with E-state index < -0.39 is 6.10 Å². The van der Waals surface area contributed by atoms with E-state index >= 15 is 0 Å². The van der Waals surface area contributed by atoms with Gasteiger partial charge in [0.05, 0.1) is 0 Å². The molecule has 0 bridgehead atoms. The van der Waals surface area contributed by atoms with Gasteiger partial charge in [0.2, 0.25) is 0 Å². The third-order valence-corrected chi connectivity index (χ3v) is 5.61. The summed E-state index contributed by atoms with van der Waals surface area (Å²) < 4.78 is 5.76. The topological polar surface area (TPSA) is 44.7 Å². The molecule has 0 aliphatic rings. The molecule has 3 rings (SSSR count). The molecule has 0 aliphatic heterocycles. The molecule has 0 amide bonds. The Morgan fingerprint density at radius 2 is 1.72 bits per heavy atom. The lowest BCUT2D eigenvalue weighted by Crippen LogP contribution is -2.32. The molecular weight excluding hydrogens is 380 g/mol. The van der Waals surface area contributed by atoms with Crippen LogP contribution in [0.4, 0.5) is 0 Å². The largest absolute Gasteiger partial charge is 0.491 e. The maximum absolute atomic E-state index is 10.3. The Morgan fingerprint density at radius 1 is 0.966 bits per heavy atom. The minimum Gasteiger partial charge on any atom is -0.491 e. The van der Waals surface area contributed by atoms with Gasteiger partial charge in [0.15, 0.2) is 0 Å². The fraction of sp³-hybridized carbons (Fsp3) is 0.333. The van der Waals surface area contributed by atoms with Crippen LogP contribution in [0.25, 0.3) is 0 Å². The van der Waals surface area contributed by atoms with Crippen LogP contribution in [-0.2, 0) is 19.6 Å². The minimum absolute atomic E-state index is 0.286. The lowest BCUT2D eigenvalue weighted by Gasteiger charge is -2.21. The number of aliphatic hydroxyl groups is 1. The Kier molecular flexibility index (Phi) is 8.25. The number of aryl methyl sites for hydroxylation is 1. The van der Waals surface area contributed by atoms with Gasteiger partial charge in [0.25, 0.3) is 0 Å². The van der Waals surface area contributed by atoms with Gasteiger partial charge in [-0.05, 0) is 49.4 Å². The third-order valence-electron chi connectivity index (χ3n) is 4.61. The Bertz CT molecular complexity index is 849. The fourth-order valence-electron chi connectivity index (χ4n) is 3.18. The van der Waals surface area contributed by atoms with Crippen LogP contribution in [0.2, 0.25) is 0 Å². The molecule has 1 heterocycles. The van der Waals surface area contributed by atoms with E-state index in [4.69, 9.17) is 4.74 Å². The van der Waals surface area contributed by atoms with E-state index in [1.54, 1.807) is 0 Å². The third kappa shape index (κ3) is 7.63. The molecule has 0 saturated carbocycles. The molecule has 0 aliphatic carbocycles. The Balaban J connectivity index is 1.35. The van der Waals surface area contributed by atoms with E-state index in [0.29, 0.717) is 6.54 Å². The Morgan fingerprint density at radius 3 is 2.41 bits per heavy atom. The molecule has 0 unspecified atom stereocenters. The monoisotopic (exact) mass is 410 g/mol. The van der Waals surface area contributed by atoms with Crippen molar-refractivity contribution in [2.75, 3.05) is 20.2 Å². The van der Waals surface area contributed by atoms with Crippen LogP contribution < -0.4 is 10.1 Å². The molecule has 0 radical (unpaired) electrons. The zero-order valence-electron chi connectivity index (χ0n) is 17.2. The second-order valence-electron chi connectivity index (χ2n) is 7.41. The van der Waals surface area contributed by atoms with Gasteiger partial charge in [-0.3, -0.25) is 4.90 Å². The normalized spacial score (nSPS) is 12.3. The van der Waals surface area contributed by atoms with Crippen molar-refractivity contribution in [3.63, 3.8) is 0 Å². The first-order valence-corrected chi connectivity index (χ1v) is 10.8. The van der Waals surface area contributed by atoms with Crippen molar-refractivity contribution in [3.05, 3.63) is 87.6 Å².